The molecule has 0 aliphatic rings. The maximum absolute atomic E-state index is 5.77. The molecule has 0 bridgehead atoms. The Balaban J connectivity index is 3.07. The zero-order valence-electron chi connectivity index (χ0n) is 6.65. The highest BCUT2D eigenvalue weighted by atomic mass is 79.9. The normalized spacial score (nSPS) is 13.0. The van der Waals surface area contributed by atoms with Crippen LogP contribution < -0.4 is 0 Å². The van der Waals surface area contributed by atoms with Crippen LogP contribution in [0.2, 0.25) is 0 Å². The van der Waals surface area contributed by atoms with Gasteiger partial charge in [0.25, 0.3) is 0 Å². The van der Waals surface area contributed by atoms with Crippen LogP contribution in [0.3, 0.4) is 0 Å². The van der Waals surface area contributed by atoms with Crippen molar-refractivity contribution in [2.45, 2.75) is 12.8 Å². The largest absolute Gasteiger partial charge is 0.126 e. The standard InChI is InChI=1S/C9H9Br2Cl/c1-6(5-12)7-3-2-4-8(10)9(7)11/h2-4,6H,5H2,1H3. The average molecular weight is 312 g/mol. The van der Waals surface area contributed by atoms with E-state index < -0.39 is 0 Å². The van der Waals surface area contributed by atoms with Crippen LogP contribution >= 0.6 is 43.5 Å². The fourth-order valence-corrected chi connectivity index (χ4v) is 2.19. The van der Waals surface area contributed by atoms with Gasteiger partial charge in [-0.25, -0.2) is 0 Å². The molecule has 1 aromatic rings. The molecule has 0 aromatic heterocycles. The highest BCUT2D eigenvalue weighted by Gasteiger charge is 2.09. The highest BCUT2D eigenvalue weighted by molar-refractivity contribution is 9.13. The maximum atomic E-state index is 5.77. The minimum atomic E-state index is 0.388. The molecule has 1 rings (SSSR count). The van der Waals surface area contributed by atoms with Gasteiger partial charge in [-0.1, -0.05) is 19.1 Å². The molecule has 0 saturated heterocycles. The van der Waals surface area contributed by atoms with Crippen molar-refractivity contribution in [2.24, 2.45) is 0 Å². The fourth-order valence-electron chi connectivity index (χ4n) is 0.984. The third kappa shape index (κ3) is 2.24. The van der Waals surface area contributed by atoms with E-state index in [1.165, 1.54) is 5.56 Å². The third-order valence-electron chi connectivity index (χ3n) is 1.74. The summed E-state index contributed by atoms with van der Waals surface area (Å²) in [6.45, 7) is 2.11. The van der Waals surface area contributed by atoms with Crippen LogP contribution in [0.5, 0.6) is 0 Å². The highest BCUT2D eigenvalue weighted by Crippen LogP contribution is 2.31. The van der Waals surface area contributed by atoms with Gasteiger partial charge in [0, 0.05) is 14.8 Å². The fraction of sp³-hybridized carbons (Fsp3) is 0.333. The van der Waals surface area contributed by atoms with Crippen molar-refractivity contribution >= 4 is 43.5 Å². The molecule has 1 atom stereocenters. The molecular formula is C9H9Br2Cl. The number of benzene rings is 1. The first-order chi connectivity index (χ1) is 5.66. The summed E-state index contributed by atoms with van der Waals surface area (Å²) in [6, 6.07) is 6.11. The van der Waals surface area contributed by atoms with Gasteiger partial charge in [-0.3, -0.25) is 0 Å². The smallest absolute Gasteiger partial charge is 0.0352 e. The Kier molecular flexibility index (Phi) is 4.08. The van der Waals surface area contributed by atoms with Gasteiger partial charge in [0.1, 0.15) is 0 Å². The van der Waals surface area contributed by atoms with Gasteiger partial charge in [-0.2, -0.15) is 0 Å². The number of hydrogen-bond acceptors (Lipinski definition) is 0. The Morgan fingerprint density at radius 3 is 2.67 bits per heavy atom. The first kappa shape index (κ1) is 10.6. The second-order valence-corrected chi connectivity index (χ2v) is 4.65. The van der Waals surface area contributed by atoms with E-state index in [0.717, 1.165) is 8.95 Å². The Morgan fingerprint density at radius 2 is 2.08 bits per heavy atom. The Hall–Kier alpha value is 0.470. The topological polar surface area (TPSA) is 0 Å². The molecule has 0 heterocycles. The molecule has 3 heteroatoms. The van der Waals surface area contributed by atoms with Gasteiger partial charge in [0.15, 0.2) is 0 Å². The summed E-state index contributed by atoms with van der Waals surface area (Å²) in [4.78, 5) is 0. The zero-order chi connectivity index (χ0) is 9.14. The van der Waals surface area contributed by atoms with Crippen LogP contribution in [0, 0.1) is 0 Å². The first-order valence-electron chi connectivity index (χ1n) is 3.66. The lowest BCUT2D eigenvalue weighted by molar-refractivity contribution is 0.868. The van der Waals surface area contributed by atoms with Crippen molar-refractivity contribution in [3.63, 3.8) is 0 Å². The lowest BCUT2D eigenvalue weighted by Gasteiger charge is -2.10. The van der Waals surface area contributed by atoms with Crippen LogP contribution in [0.25, 0.3) is 0 Å². The second kappa shape index (κ2) is 4.64. The monoisotopic (exact) mass is 310 g/mol. The van der Waals surface area contributed by atoms with E-state index in [1.807, 2.05) is 12.1 Å². The van der Waals surface area contributed by atoms with E-state index in [2.05, 4.69) is 44.8 Å². The van der Waals surface area contributed by atoms with Gasteiger partial charge >= 0.3 is 0 Å². The summed E-state index contributed by atoms with van der Waals surface area (Å²) in [6.07, 6.45) is 0. The van der Waals surface area contributed by atoms with Gasteiger partial charge in [-0.05, 0) is 49.4 Å². The zero-order valence-corrected chi connectivity index (χ0v) is 10.6. The van der Waals surface area contributed by atoms with E-state index in [9.17, 15) is 0 Å². The maximum Gasteiger partial charge on any atom is 0.0352 e. The molecule has 1 aromatic carbocycles. The minimum Gasteiger partial charge on any atom is -0.126 e. The van der Waals surface area contributed by atoms with Gasteiger partial charge in [0.2, 0.25) is 0 Å². The molecule has 0 fully saturated rings. The Morgan fingerprint density at radius 1 is 1.42 bits per heavy atom. The molecule has 0 radical (unpaired) electrons. The quantitative estimate of drug-likeness (QED) is 0.703. The molecular weight excluding hydrogens is 303 g/mol. The van der Waals surface area contributed by atoms with E-state index in [0.29, 0.717) is 11.8 Å². The Labute approximate surface area is 94.6 Å². The molecule has 66 valence electrons. The van der Waals surface area contributed by atoms with Crippen molar-refractivity contribution in [1.29, 1.82) is 0 Å². The summed E-state index contributed by atoms with van der Waals surface area (Å²) in [7, 11) is 0. The van der Waals surface area contributed by atoms with Crippen molar-refractivity contribution in [2.75, 3.05) is 5.88 Å². The molecule has 0 saturated carbocycles. The minimum absolute atomic E-state index is 0.388. The summed E-state index contributed by atoms with van der Waals surface area (Å²) in [5, 5.41) is 0. The number of alkyl halides is 1. The van der Waals surface area contributed by atoms with Crippen molar-refractivity contribution in [3.8, 4) is 0 Å². The van der Waals surface area contributed by atoms with Gasteiger partial charge < -0.3 is 0 Å². The van der Waals surface area contributed by atoms with E-state index in [-0.39, 0.29) is 0 Å². The third-order valence-corrected chi connectivity index (χ3v) is 4.28. The molecule has 0 aliphatic carbocycles. The number of halogens is 3. The van der Waals surface area contributed by atoms with E-state index in [4.69, 9.17) is 11.6 Å². The average Bonchev–Trinajstić information content (AvgIpc) is 2.08. The van der Waals surface area contributed by atoms with Crippen molar-refractivity contribution in [3.05, 3.63) is 32.7 Å². The van der Waals surface area contributed by atoms with Crippen LogP contribution in [-0.4, -0.2) is 5.88 Å². The molecule has 1 unspecified atom stereocenters. The lowest BCUT2D eigenvalue weighted by atomic mass is 10.0. The second-order valence-electron chi connectivity index (χ2n) is 2.70. The summed E-state index contributed by atoms with van der Waals surface area (Å²) >= 11 is 12.7. The summed E-state index contributed by atoms with van der Waals surface area (Å²) in [5.41, 5.74) is 1.25. The van der Waals surface area contributed by atoms with Crippen molar-refractivity contribution < 1.29 is 0 Å². The lowest BCUT2D eigenvalue weighted by Crippen LogP contribution is -1.95. The SMILES string of the molecule is CC(CCl)c1cccc(Br)c1Br. The summed E-state index contributed by atoms with van der Waals surface area (Å²) in [5.74, 6) is 1.04. The number of hydrogen-bond donors (Lipinski definition) is 0. The number of rotatable bonds is 2. The van der Waals surface area contributed by atoms with Crippen LogP contribution in [-0.2, 0) is 0 Å². The molecule has 0 aliphatic heterocycles. The molecule has 0 nitrogen and oxygen atoms in total. The van der Waals surface area contributed by atoms with Crippen LogP contribution in [0.1, 0.15) is 18.4 Å². The molecule has 12 heavy (non-hydrogen) atoms. The van der Waals surface area contributed by atoms with Crippen molar-refractivity contribution in [1.82, 2.24) is 0 Å². The molecule has 0 spiro atoms. The van der Waals surface area contributed by atoms with Gasteiger partial charge in [-0.15, -0.1) is 11.6 Å². The van der Waals surface area contributed by atoms with E-state index in [1.54, 1.807) is 0 Å². The predicted octanol–water partition coefficient (Wildman–Crippen LogP) is 4.55. The van der Waals surface area contributed by atoms with Crippen LogP contribution in [0.4, 0.5) is 0 Å². The Bertz CT molecular complexity index is 273. The summed E-state index contributed by atoms with van der Waals surface area (Å²) < 4.78 is 2.19. The van der Waals surface area contributed by atoms with E-state index >= 15 is 0 Å². The van der Waals surface area contributed by atoms with Crippen LogP contribution in [0.15, 0.2) is 27.1 Å². The van der Waals surface area contributed by atoms with Gasteiger partial charge in [0.05, 0.1) is 0 Å². The molecule has 0 N–H and O–H groups in total. The first-order valence-corrected chi connectivity index (χ1v) is 5.78. The molecule has 0 amide bonds. The predicted molar refractivity (Wildman–Crippen MR) is 61.0 cm³/mol.